The molecule has 1 aromatic heterocycles. The summed E-state index contributed by atoms with van der Waals surface area (Å²) in [6.45, 7) is 0.267. The number of benzene rings is 1. The van der Waals surface area contributed by atoms with Crippen LogP contribution in [0.5, 0.6) is 0 Å². The lowest BCUT2D eigenvalue weighted by Crippen LogP contribution is -2.08. The van der Waals surface area contributed by atoms with Crippen molar-refractivity contribution in [2.45, 2.75) is 25.3 Å². The third-order valence-electron chi connectivity index (χ3n) is 3.33. The van der Waals surface area contributed by atoms with Gasteiger partial charge < -0.3 is 5.73 Å². The van der Waals surface area contributed by atoms with Crippen molar-refractivity contribution in [3.05, 3.63) is 44.6 Å². The summed E-state index contributed by atoms with van der Waals surface area (Å²) < 4.78 is 1.64. The number of aromatic nitrogens is 3. The number of nitro benzene ring substituents is 1. The standard InChI is InChI=1S/C12H12ClN5O2/c13-9-4-3-8(10(5-9)18(19)20)6-17-11(7-1-2-7)12(14)15-16-17/h3-5,7H,1-2,6,14H2. The van der Waals surface area contributed by atoms with Gasteiger partial charge in [-0.2, -0.15) is 0 Å². The molecule has 1 fully saturated rings. The summed E-state index contributed by atoms with van der Waals surface area (Å²) >= 11 is 5.80. The van der Waals surface area contributed by atoms with Gasteiger partial charge in [0.2, 0.25) is 0 Å². The molecule has 1 saturated carbocycles. The first-order chi connectivity index (χ1) is 9.56. The number of rotatable bonds is 4. The fourth-order valence-electron chi connectivity index (χ4n) is 2.23. The van der Waals surface area contributed by atoms with Crippen LogP contribution in [-0.2, 0) is 6.54 Å². The molecule has 2 N–H and O–H groups in total. The van der Waals surface area contributed by atoms with E-state index < -0.39 is 4.92 Å². The third kappa shape index (κ3) is 2.32. The van der Waals surface area contributed by atoms with Crippen molar-refractivity contribution in [2.75, 3.05) is 5.73 Å². The van der Waals surface area contributed by atoms with Gasteiger partial charge in [0, 0.05) is 17.0 Å². The van der Waals surface area contributed by atoms with Crippen molar-refractivity contribution in [2.24, 2.45) is 0 Å². The minimum absolute atomic E-state index is 0.0201. The number of nitrogens with zero attached hydrogens (tertiary/aromatic N) is 4. The van der Waals surface area contributed by atoms with Gasteiger partial charge in [-0.1, -0.05) is 16.8 Å². The SMILES string of the molecule is Nc1nnn(Cc2ccc(Cl)cc2[N+](=O)[O-])c1C1CC1. The monoisotopic (exact) mass is 293 g/mol. The molecule has 0 spiro atoms. The normalized spacial score (nSPS) is 14.4. The third-order valence-corrected chi connectivity index (χ3v) is 3.56. The van der Waals surface area contributed by atoms with Crippen LogP contribution in [0.4, 0.5) is 11.5 Å². The Bertz CT molecular complexity index is 680. The van der Waals surface area contributed by atoms with Gasteiger partial charge in [-0.15, -0.1) is 5.10 Å². The molecular weight excluding hydrogens is 282 g/mol. The van der Waals surface area contributed by atoms with E-state index >= 15 is 0 Å². The van der Waals surface area contributed by atoms with E-state index in [0.29, 0.717) is 22.3 Å². The van der Waals surface area contributed by atoms with Gasteiger partial charge in [0.05, 0.1) is 22.7 Å². The summed E-state index contributed by atoms with van der Waals surface area (Å²) in [6, 6.07) is 4.60. The fraction of sp³-hybridized carbons (Fsp3) is 0.333. The van der Waals surface area contributed by atoms with Crippen LogP contribution in [0.2, 0.25) is 5.02 Å². The van der Waals surface area contributed by atoms with E-state index in [0.717, 1.165) is 18.5 Å². The Morgan fingerprint density at radius 2 is 2.25 bits per heavy atom. The summed E-state index contributed by atoms with van der Waals surface area (Å²) in [5.74, 6) is 0.778. The van der Waals surface area contributed by atoms with Crippen molar-refractivity contribution in [3.63, 3.8) is 0 Å². The summed E-state index contributed by atoms with van der Waals surface area (Å²) in [6.07, 6.45) is 2.11. The van der Waals surface area contributed by atoms with Crippen LogP contribution in [-0.4, -0.2) is 19.9 Å². The molecule has 0 bridgehead atoms. The molecule has 0 amide bonds. The Labute approximate surface area is 119 Å². The van der Waals surface area contributed by atoms with Gasteiger partial charge in [-0.3, -0.25) is 10.1 Å². The topological polar surface area (TPSA) is 99.9 Å². The second-order valence-corrected chi connectivity index (χ2v) is 5.26. The molecule has 0 atom stereocenters. The fourth-order valence-corrected chi connectivity index (χ4v) is 2.40. The molecule has 1 aromatic carbocycles. The maximum atomic E-state index is 11.1. The lowest BCUT2D eigenvalue weighted by Gasteiger charge is -2.07. The molecule has 0 saturated heterocycles. The van der Waals surface area contributed by atoms with Crippen molar-refractivity contribution in [1.29, 1.82) is 0 Å². The van der Waals surface area contributed by atoms with Gasteiger partial charge in [-0.05, 0) is 25.0 Å². The van der Waals surface area contributed by atoms with Crippen LogP contribution in [0.25, 0.3) is 0 Å². The quantitative estimate of drug-likeness (QED) is 0.689. The highest BCUT2D eigenvalue weighted by molar-refractivity contribution is 6.30. The van der Waals surface area contributed by atoms with Crippen molar-refractivity contribution in [1.82, 2.24) is 15.0 Å². The van der Waals surface area contributed by atoms with E-state index in [1.807, 2.05) is 0 Å². The van der Waals surface area contributed by atoms with Gasteiger partial charge in [0.15, 0.2) is 5.82 Å². The maximum Gasteiger partial charge on any atom is 0.275 e. The highest BCUT2D eigenvalue weighted by atomic mass is 35.5. The highest BCUT2D eigenvalue weighted by Gasteiger charge is 2.31. The number of hydrogen-bond donors (Lipinski definition) is 1. The number of anilines is 1. The van der Waals surface area contributed by atoms with Crippen LogP contribution in [0.3, 0.4) is 0 Å². The van der Waals surface area contributed by atoms with Crippen LogP contribution < -0.4 is 5.73 Å². The minimum atomic E-state index is -0.446. The second kappa shape index (κ2) is 4.75. The highest BCUT2D eigenvalue weighted by Crippen LogP contribution is 2.42. The van der Waals surface area contributed by atoms with Crippen molar-refractivity contribution in [3.8, 4) is 0 Å². The van der Waals surface area contributed by atoms with Crippen molar-refractivity contribution >= 4 is 23.1 Å². The van der Waals surface area contributed by atoms with Crippen molar-refractivity contribution < 1.29 is 4.92 Å². The van der Waals surface area contributed by atoms with E-state index in [2.05, 4.69) is 10.3 Å². The first-order valence-corrected chi connectivity index (χ1v) is 6.55. The van der Waals surface area contributed by atoms with Gasteiger partial charge >= 0.3 is 0 Å². The summed E-state index contributed by atoms with van der Waals surface area (Å²) in [7, 11) is 0. The second-order valence-electron chi connectivity index (χ2n) is 4.82. The van der Waals surface area contributed by atoms with E-state index in [1.165, 1.54) is 6.07 Å². The first kappa shape index (κ1) is 12.9. The molecule has 104 valence electrons. The molecule has 1 heterocycles. The predicted molar refractivity (Wildman–Crippen MR) is 73.6 cm³/mol. The molecule has 20 heavy (non-hydrogen) atoms. The smallest absolute Gasteiger partial charge is 0.275 e. The molecule has 1 aliphatic rings. The zero-order valence-electron chi connectivity index (χ0n) is 10.5. The average molecular weight is 294 g/mol. The number of halogens is 1. The Hall–Kier alpha value is -2.15. The molecule has 2 aromatic rings. The molecule has 3 rings (SSSR count). The van der Waals surface area contributed by atoms with Crippen LogP contribution in [0.15, 0.2) is 18.2 Å². The Morgan fingerprint density at radius 3 is 2.90 bits per heavy atom. The largest absolute Gasteiger partial charge is 0.381 e. The van der Waals surface area contributed by atoms with Crippen LogP contribution in [0, 0.1) is 10.1 Å². The Morgan fingerprint density at radius 1 is 1.50 bits per heavy atom. The molecular formula is C12H12ClN5O2. The Balaban J connectivity index is 1.97. The number of nitrogens with two attached hydrogens (primary N) is 1. The summed E-state index contributed by atoms with van der Waals surface area (Å²) in [5, 5.41) is 19.3. The van der Waals surface area contributed by atoms with Gasteiger partial charge in [0.25, 0.3) is 5.69 Å². The first-order valence-electron chi connectivity index (χ1n) is 6.18. The summed E-state index contributed by atoms with van der Waals surface area (Å²) in [5.41, 5.74) is 7.19. The average Bonchev–Trinajstić information content (AvgIpc) is 3.17. The minimum Gasteiger partial charge on any atom is -0.381 e. The lowest BCUT2D eigenvalue weighted by atomic mass is 10.1. The number of nitrogen functional groups attached to an aromatic ring is 1. The zero-order valence-corrected chi connectivity index (χ0v) is 11.2. The Kier molecular flexibility index (Phi) is 3.06. The van der Waals surface area contributed by atoms with E-state index in [4.69, 9.17) is 17.3 Å². The lowest BCUT2D eigenvalue weighted by molar-refractivity contribution is -0.385. The summed E-state index contributed by atoms with van der Waals surface area (Å²) in [4.78, 5) is 10.6. The number of nitro groups is 1. The molecule has 7 nitrogen and oxygen atoms in total. The van der Waals surface area contributed by atoms with Crippen LogP contribution in [0.1, 0.15) is 30.0 Å². The van der Waals surface area contributed by atoms with E-state index in [9.17, 15) is 10.1 Å². The van der Waals surface area contributed by atoms with Gasteiger partial charge in [-0.25, -0.2) is 4.68 Å². The maximum absolute atomic E-state index is 11.1. The zero-order chi connectivity index (χ0) is 14.3. The molecule has 8 heteroatoms. The van der Waals surface area contributed by atoms with Gasteiger partial charge in [0.1, 0.15) is 0 Å². The molecule has 0 radical (unpaired) electrons. The molecule has 0 unspecified atom stereocenters. The molecule has 1 aliphatic carbocycles. The van der Waals surface area contributed by atoms with E-state index in [-0.39, 0.29) is 12.2 Å². The number of hydrogen-bond acceptors (Lipinski definition) is 5. The predicted octanol–water partition coefficient (Wildman–Crippen LogP) is 2.35. The van der Waals surface area contributed by atoms with E-state index in [1.54, 1.807) is 16.8 Å². The van der Waals surface area contributed by atoms with Crippen LogP contribution >= 0.6 is 11.6 Å². The molecule has 0 aliphatic heterocycles.